The van der Waals surface area contributed by atoms with Crippen molar-refractivity contribution in [2.45, 2.75) is 19.9 Å². The lowest BCUT2D eigenvalue weighted by molar-refractivity contribution is -0.118. The number of methoxy groups -OCH3 is 3. The highest BCUT2D eigenvalue weighted by Crippen LogP contribution is 2.29. The second kappa shape index (κ2) is 9.65. The van der Waals surface area contributed by atoms with Crippen LogP contribution in [0.5, 0.6) is 17.2 Å². The number of hydrogen-bond acceptors (Lipinski definition) is 7. The maximum atomic E-state index is 12.9. The Hall–Kier alpha value is -3.33. The van der Waals surface area contributed by atoms with Gasteiger partial charge in [0, 0.05) is 11.6 Å². The summed E-state index contributed by atoms with van der Waals surface area (Å²) in [6, 6.07) is 9.60. The van der Waals surface area contributed by atoms with E-state index in [0.29, 0.717) is 22.2 Å². The molecule has 31 heavy (non-hydrogen) atoms. The first-order valence-corrected chi connectivity index (χ1v) is 10.5. The zero-order chi connectivity index (χ0) is 22.5. The molecule has 3 rings (SSSR count). The Morgan fingerprint density at radius 1 is 0.935 bits per heavy atom. The van der Waals surface area contributed by atoms with E-state index in [0.717, 1.165) is 16.0 Å². The summed E-state index contributed by atoms with van der Waals surface area (Å²) in [6.45, 7) is 3.72. The summed E-state index contributed by atoms with van der Waals surface area (Å²) in [4.78, 5) is 30.2. The minimum absolute atomic E-state index is 0.147. The lowest BCUT2D eigenvalue weighted by Crippen LogP contribution is -2.47. The van der Waals surface area contributed by atoms with Gasteiger partial charge in [-0.05, 0) is 36.2 Å². The lowest BCUT2D eigenvalue weighted by Gasteiger charge is -2.21. The van der Waals surface area contributed by atoms with Crippen LogP contribution in [0, 0.1) is 5.92 Å². The van der Waals surface area contributed by atoms with Gasteiger partial charge in [-0.1, -0.05) is 25.2 Å². The smallest absolute Gasteiger partial charge is 0.252 e. The summed E-state index contributed by atoms with van der Waals surface area (Å²) < 4.78 is 16.6. The number of ether oxygens (including phenoxy) is 3. The Morgan fingerprint density at radius 3 is 2.16 bits per heavy atom. The van der Waals surface area contributed by atoms with E-state index in [-0.39, 0.29) is 11.8 Å². The fourth-order valence-corrected chi connectivity index (χ4v) is 3.86. The van der Waals surface area contributed by atoms with Crippen LogP contribution in [0.15, 0.2) is 36.4 Å². The summed E-state index contributed by atoms with van der Waals surface area (Å²) in [6.07, 6.45) is 0. The van der Waals surface area contributed by atoms with E-state index < -0.39 is 11.9 Å². The highest BCUT2D eigenvalue weighted by Gasteiger charge is 2.26. The van der Waals surface area contributed by atoms with Crippen LogP contribution in [-0.2, 0) is 4.79 Å². The first-order chi connectivity index (χ1) is 14.8. The summed E-state index contributed by atoms with van der Waals surface area (Å²) >= 11 is 1.34. The largest absolute Gasteiger partial charge is 0.497 e. The minimum atomic E-state index is -0.758. The average molecular weight is 444 g/mol. The molecule has 164 valence electrons. The lowest BCUT2D eigenvalue weighted by atomic mass is 10.0. The first kappa shape index (κ1) is 22.4. The van der Waals surface area contributed by atoms with Crippen molar-refractivity contribution in [2.24, 2.45) is 5.92 Å². The molecule has 1 heterocycles. The SMILES string of the molecule is COc1cc(OC)cc(C(=O)N[C@H](C(=O)Nc2nc3ccc(OC)cc3s2)C(C)C)c1. The Labute approximate surface area is 184 Å². The van der Waals surface area contributed by atoms with Gasteiger partial charge in [0.15, 0.2) is 5.13 Å². The topological polar surface area (TPSA) is 98.8 Å². The van der Waals surface area contributed by atoms with Crippen molar-refractivity contribution < 1.29 is 23.8 Å². The Balaban J connectivity index is 1.77. The van der Waals surface area contributed by atoms with Gasteiger partial charge < -0.3 is 24.8 Å². The zero-order valence-electron chi connectivity index (χ0n) is 18.0. The van der Waals surface area contributed by atoms with Crippen LogP contribution in [0.1, 0.15) is 24.2 Å². The fourth-order valence-electron chi connectivity index (χ4n) is 2.97. The van der Waals surface area contributed by atoms with Crippen LogP contribution in [0.25, 0.3) is 10.2 Å². The van der Waals surface area contributed by atoms with Gasteiger partial charge >= 0.3 is 0 Å². The molecule has 0 aliphatic heterocycles. The second-order valence-corrected chi connectivity index (χ2v) is 8.17. The van der Waals surface area contributed by atoms with Gasteiger partial charge in [0.05, 0.1) is 31.5 Å². The molecular weight excluding hydrogens is 418 g/mol. The number of benzene rings is 2. The minimum Gasteiger partial charge on any atom is -0.497 e. The van der Waals surface area contributed by atoms with Gasteiger partial charge in [-0.3, -0.25) is 9.59 Å². The predicted molar refractivity (Wildman–Crippen MR) is 120 cm³/mol. The molecule has 0 saturated carbocycles. The number of hydrogen-bond donors (Lipinski definition) is 2. The number of fused-ring (bicyclic) bond motifs is 1. The third-order valence-electron chi connectivity index (χ3n) is 4.68. The van der Waals surface area contributed by atoms with Gasteiger partial charge in [-0.25, -0.2) is 4.98 Å². The van der Waals surface area contributed by atoms with Crippen molar-refractivity contribution in [3.63, 3.8) is 0 Å². The van der Waals surface area contributed by atoms with Crippen molar-refractivity contribution in [2.75, 3.05) is 26.6 Å². The molecule has 0 aliphatic rings. The van der Waals surface area contributed by atoms with Crippen molar-refractivity contribution in [1.29, 1.82) is 0 Å². The molecule has 1 atom stereocenters. The molecule has 0 radical (unpaired) electrons. The van der Waals surface area contributed by atoms with Crippen LogP contribution >= 0.6 is 11.3 Å². The molecule has 0 unspecified atom stereocenters. The summed E-state index contributed by atoms with van der Waals surface area (Å²) in [5, 5.41) is 6.07. The summed E-state index contributed by atoms with van der Waals surface area (Å²) in [5.74, 6) is 0.796. The predicted octanol–water partition coefficient (Wildman–Crippen LogP) is 3.72. The molecule has 0 fully saturated rings. The van der Waals surface area contributed by atoms with E-state index in [4.69, 9.17) is 14.2 Å². The first-order valence-electron chi connectivity index (χ1n) is 9.64. The number of amides is 2. The second-order valence-electron chi connectivity index (χ2n) is 7.14. The number of aromatic nitrogens is 1. The maximum Gasteiger partial charge on any atom is 0.252 e. The Morgan fingerprint density at radius 2 is 1.58 bits per heavy atom. The van der Waals surface area contributed by atoms with Gasteiger partial charge in [-0.15, -0.1) is 0 Å². The Bertz CT molecular complexity index is 1070. The average Bonchev–Trinajstić information content (AvgIpc) is 3.17. The molecule has 0 bridgehead atoms. The summed E-state index contributed by atoms with van der Waals surface area (Å²) in [7, 11) is 4.61. The van der Waals surface area contributed by atoms with Gasteiger partial charge in [0.1, 0.15) is 23.3 Å². The molecule has 0 spiro atoms. The van der Waals surface area contributed by atoms with E-state index >= 15 is 0 Å². The third-order valence-corrected chi connectivity index (χ3v) is 5.61. The normalized spacial score (nSPS) is 11.8. The number of nitrogens with zero attached hydrogens (tertiary/aromatic N) is 1. The quantitative estimate of drug-likeness (QED) is 0.551. The van der Waals surface area contributed by atoms with E-state index in [1.807, 2.05) is 32.0 Å². The van der Waals surface area contributed by atoms with Crippen LogP contribution in [0.4, 0.5) is 5.13 Å². The van der Waals surface area contributed by atoms with Crippen molar-refractivity contribution >= 4 is 38.5 Å². The van der Waals surface area contributed by atoms with Crippen molar-refractivity contribution in [3.05, 3.63) is 42.0 Å². The van der Waals surface area contributed by atoms with Crippen LogP contribution in [0.3, 0.4) is 0 Å². The third kappa shape index (κ3) is 5.24. The number of anilines is 1. The molecule has 2 amide bonds. The number of carbonyl (C=O) groups excluding carboxylic acids is 2. The highest BCUT2D eigenvalue weighted by molar-refractivity contribution is 7.22. The molecule has 3 aromatic rings. The number of nitrogens with one attached hydrogen (secondary N) is 2. The Kier molecular flexibility index (Phi) is 6.96. The molecule has 0 saturated heterocycles. The maximum absolute atomic E-state index is 12.9. The number of carbonyl (C=O) groups is 2. The molecule has 9 heteroatoms. The summed E-state index contributed by atoms with van der Waals surface area (Å²) in [5.41, 5.74) is 1.09. The van der Waals surface area contributed by atoms with Crippen LogP contribution in [-0.4, -0.2) is 44.2 Å². The molecule has 2 aromatic carbocycles. The molecule has 1 aromatic heterocycles. The van der Waals surface area contributed by atoms with Gasteiger partial charge in [0.25, 0.3) is 5.91 Å². The molecule has 0 aliphatic carbocycles. The van der Waals surface area contributed by atoms with Crippen LogP contribution in [0.2, 0.25) is 0 Å². The number of rotatable bonds is 8. The van der Waals surface area contributed by atoms with E-state index in [1.165, 1.54) is 25.6 Å². The van der Waals surface area contributed by atoms with E-state index in [1.54, 1.807) is 25.3 Å². The van der Waals surface area contributed by atoms with E-state index in [9.17, 15) is 9.59 Å². The molecule has 8 nitrogen and oxygen atoms in total. The molecule has 2 N–H and O–H groups in total. The van der Waals surface area contributed by atoms with Crippen LogP contribution < -0.4 is 24.8 Å². The number of thiazole rings is 1. The molecular formula is C22H25N3O5S. The fraction of sp³-hybridized carbons (Fsp3) is 0.318. The van der Waals surface area contributed by atoms with Crippen molar-refractivity contribution in [3.8, 4) is 17.2 Å². The standard InChI is InChI=1S/C22H25N3O5S/c1-12(2)19(24-20(26)13-8-15(29-4)10-16(9-13)30-5)21(27)25-22-23-17-7-6-14(28-3)11-18(17)31-22/h6-12,19H,1-5H3,(H,24,26)(H,23,25,27)/t19-/m0/s1. The van der Waals surface area contributed by atoms with E-state index in [2.05, 4.69) is 15.6 Å². The zero-order valence-corrected chi connectivity index (χ0v) is 18.8. The van der Waals surface area contributed by atoms with Gasteiger partial charge in [0.2, 0.25) is 5.91 Å². The van der Waals surface area contributed by atoms with Gasteiger partial charge in [-0.2, -0.15) is 0 Å². The highest BCUT2D eigenvalue weighted by atomic mass is 32.1. The van der Waals surface area contributed by atoms with Crippen molar-refractivity contribution in [1.82, 2.24) is 10.3 Å². The monoisotopic (exact) mass is 443 g/mol.